The first kappa shape index (κ1) is 18.3. The van der Waals surface area contributed by atoms with E-state index in [9.17, 15) is 0 Å². The Morgan fingerprint density at radius 2 is 1.81 bits per heavy atom. The van der Waals surface area contributed by atoms with Gasteiger partial charge in [-0.15, -0.1) is 36.2 Å². The molecule has 0 fully saturated rings. The van der Waals surface area contributed by atoms with Crippen LogP contribution in [0.15, 0.2) is 5.38 Å². The standard InChI is InChI=1S/C10H19N3S.2ClH/c1-3-5-13(6-4-2)7-9-8-14-10(11)12-9;;/h8H,3-7H2,1-2H3,(H2,11,12);2*1H. The molecule has 0 saturated carbocycles. The van der Waals surface area contributed by atoms with E-state index in [1.54, 1.807) is 0 Å². The molecule has 0 atom stereocenters. The Morgan fingerprint density at radius 3 is 2.19 bits per heavy atom. The number of rotatable bonds is 6. The van der Waals surface area contributed by atoms with Crippen LogP contribution < -0.4 is 5.73 Å². The Bertz CT molecular complexity index is 262. The largest absolute Gasteiger partial charge is 0.375 e. The zero-order valence-electron chi connectivity index (χ0n) is 9.81. The highest BCUT2D eigenvalue weighted by Gasteiger charge is 2.06. The zero-order valence-corrected chi connectivity index (χ0v) is 12.3. The van der Waals surface area contributed by atoms with E-state index in [1.807, 2.05) is 5.38 Å². The van der Waals surface area contributed by atoms with E-state index < -0.39 is 0 Å². The topological polar surface area (TPSA) is 42.1 Å². The third-order valence-corrected chi connectivity index (χ3v) is 2.76. The lowest BCUT2D eigenvalue weighted by atomic mass is 10.3. The number of halogens is 2. The number of aromatic nitrogens is 1. The lowest BCUT2D eigenvalue weighted by Crippen LogP contribution is -2.25. The van der Waals surface area contributed by atoms with Crippen LogP contribution in [0.4, 0.5) is 5.13 Å². The molecule has 0 saturated heterocycles. The smallest absolute Gasteiger partial charge is 0.180 e. The van der Waals surface area contributed by atoms with Crippen LogP contribution in [-0.4, -0.2) is 23.0 Å². The van der Waals surface area contributed by atoms with Crippen molar-refractivity contribution < 1.29 is 0 Å². The fourth-order valence-electron chi connectivity index (χ4n) is 1.53. The molecule has 1 rings (SSSR count). The first-order valence-corrected chi connectivity index (χ1v) is 6.06. The summed E-state index contributed by atoms with van der Waals surface area (Å²) in [7, 11) is 0. The molecule has 2 N–H and O–H groups in total. The number of thiazole rings is 1. The third-order valence-electron chi connectivity index (χ3n) is 2.03. The maximum absolute atomic E-state index is 5.59. The average molecular weight is 286 g/mol. The van der Waals surface area contributed by atoms with Crippen LogP contribution in [0, 0.1) is 0 Å². The summed E-state index contributed by atoms with van der Waals surface area (Å²) in [5.74, 6) is 0. The second-order valence-corrected chi connectivity index (χ2v) is 4.34. The second-order valence-electron chi connectivity index (χ2n) is 3.45. The SMILES string of the molecule is CCCN(CCC)Cc1csc(N)n1.Cl.Cl. The summed E-state index contributed by atoms with van der Waals surface area (Å²) in [6.45, 7) is 7.64. The molecule has 6 heteroatoms. The molecule has 0 aliphatic carbocycles. The van der Waals surface area contributed by atoms with Crippen molar-refractivity contribution in [3.05, 3.63) is 11.1 Å². The summed E-state index contributed by atoms with van der Waals surface area (Å²) in [5, 5.41) is 2.72. The van der Waals surface area contributed by atoms with Crippen LogP contribution in [0.25, 0.3) is 0 Å². The van der Waals surface area contributed by atoms with Crippen LogP contribution in [0.5, 0.6) is 0 Å². The molecule has 0 aliphatic heterocycles. The maximum atomic E-state index is 5.59. The summed E-state index contributed by atoms with van der Waals surface area (Å²) in [6.07, 6.45) is 2.39. The predicted molar refractivity (Wildman–Crippen MR) is 76.9 cm³/mol. The highest BCUT2D eigenvalue weighted by atomic mass is 35.5. The lowest BCUT2D eigenvalue weighted by molar-refractivity contribution is 0.264. The molecule has 16 heavy (non-hydrogen) atoms. The van der Waals surface area contributed by atoms with Crippen LogP contribution in [-0.2, 0) is 6.54 Å². The molecule has 0 amide bonds. The first-order valence-electron chi connectivity index (χ1n) is 5.18. The summed E-state index contributed by atoms with van der Waals surface area (Å²) in [5.41, 5.74) is 6.70. The Kier molecular flexibility index (Phi) is 11.6. The summed E-state index contributed by atoms with van der Waals surface area (Å²) in [6, 6.07) is 0. The molecule has 3 nitrogen and oxygen atoms in total. The van der Waals surface area contributed by atoms with E-state index in [4.69, 9.17) is 5.73 Å². The van der Waals surface area contributed by atoms with Crippen LogP contribution in [0.2, 0.25) is 0 Å². The highest BCUT2D eigenvalue weighted by Crippen LogP contribution is 2.13. The minimum absolute atomic E-state index is 0. The lowest BCUT2D eigenvalue weighted by Gasteiger charge is -2.19. The van der Waals surface area contributed by atoms with Gasteiger partial charge in [0.1, 0.15) is 0 Å². The van der Waals surface area contributed by atoms with Gasteiger partial charge >= 0.3 is 0 Å². The quantitative estimate of drug-likeness (QED) is 0.873. The van der Waals surface area contributed by atoms with Crippen molar-refractivity contribution in [2.24, 2.45) is 0 Å². The van der Waals surface area contributed by atoms with Gasteiger partial charge in [-0.3, -0.25) is 4.90 Å². The fourth-order valence-corrected chi connectivity index (χ4v) is 2.08. The molecule has 1 aromatic rings. The van der Waals surface area contributed by atoms with Gasteiger partial charge in [-0.25, -0.2) is 4.98 Å². The average Bonchev–Trinajstić information content (AvgIpc) is 2.52. The number of nitrogen functional groups attached to an aromatic ring is 1. The summed E-state index contributed by atoms with van der Waals surface area (Å²) < 4.78 is 0. The molecule has 1 aromatic heterocycles. The first-order chi connectivity index (χ1) is 6.76. The maximum Gasteiger partial charge on any atom is 0.180 e. The molecule has 1 heterocycles. The number of nitrogens with two attached hydrogens (primary N) is 1. The Hall–Kier alpha value is -0.0300. The van der Waals surface area contributed by atoms with Gasteiger partial charge in [0.25, 0.3) is 0 Å². The van der Waals surface area contributed by atoms with Crippen LogP contribution in [0.1, 0.15) is 32.4 Å². The van der Waals surface area contributed by atoms with Gasteiger partial charge in [0.2, 0.25) is 0 Å². The second kappa shape index (κ2) is 10.1. The van der Waals surface area contributed by atoms with Gasteiger partial charge in [0.05, 0.1) is 5.69 Å². The zero-order chi connectivity index (χ0) is 10.4. The minimum atomic E-state index is 0. The molecule has 0 bridgehead atoms. The fraction of sp³-hybridized carbons (Fsp3) is 0.700. The van der Waals surface area contributed by atoms with E-state index in [-0.39, 0.29) is 24.8 Å². The Labute approximate surface area is 114 Å². The molecule has 0 aromatic carbocycles. The van der Waals surface area contributed by atoms with Gasteiger partial charge < -0.3 is 5.73 Å². The van der Waals surface area contributed by atoms with E-state index in [2.05, 4.69) is 23.7 Å². The minimum Gasteiger partial charge on any atom is -0.375 e. The number of hydrogen-bond acceptors (Lipinski definition) is 4. The normalized spacial score (nSPS) is 9.69. The molecule has 0 spiro atoms. The van der Waals surface area contributed by atoms with Crippen molar-refractivity contribution >= 4 is 41.3 Å². The highest BCUT2D eigenvalue weighted by molar-refractivity contribution is 7.13. The number of nitrogens with zero attached hydrogens (tertiary/aromatic N) is 2. The van der Waals surface area contributed by atoms with Crippen molar-refractivity contribution in [3.8, 4) is 0 Å². The molecule has 96 valence electrons. The monoisotopic (exact) mass is 285 g/mol. The van der Waals surface area contributed by atoms with Crippen LogP contribution >= 0.6 is 36.2 Å². The molecular weight excluding hydrogens is 265 g/mol. The van der Waals surface area contributed by atoms with Gasteiger partial charge in [0, 0.05) is 11.9 Å². The van der Waals surface area contributed by atoms with Crippen molar-refractivity contribution in [2.75, 3.05) is 18.8 Å². The summed E-state index contributed by atoms with van der Waals surface area (Å²) >= 11 is 1.52. The predicted octanol–water partition coefficient (Wildman–Crippen LogP) is 3.19. The third kappa shape index (κ3) is 6.53. The van der Waals surface area contributed by atoms with Crippen molar-refractivity contribution in [1.29, 1.82) is 0 Å². The van der Waals surface area contributed by atoms with E-state index in [0.29, 0.717) is 5.13 Å². The van der Waals surface area contributed by atoms with Crippen molar-refractivity contribution in [2.45, 2.75) is 33.2 Å². The summed E-state index contributed by atoms with van der Waals surface area (Å²) in [4.78, 5) is 6.69. The van der Waals surface area contributed by atoms with Crippen molar-refractivity contribution in [3.63, 3.8) is 0 Å². The van der Waals surface area contributed by atoms with E-state index in [1.165, 1.54) is 24.2 Å². The molecular formula is C10H21Cl2N3S. The number of hydrogen-bond donors (Lipinski definition) is 1. The Balaban J connectivity index is 0. The van der Waals surface area contributed by atoms with Crippen molar-refractivity contribution in [1.82, 2.24) is 9.88 Å². The van der Waals surface area contributed by atoms with Gasteiger partial charge in [-0.2, -0.15) is 0 Å². The van der Waals surface area contributed by atoms with Gasteiger partial charge in [0.15, 0.2) is 5.13 Å². The molecule has 0 radical (unpaired) electrons. The van der Waals surface area contributed by atoms with Gasteiger partial charge in [-0.1, -0.05) is 13.8 Å². The van der Waals surface area contributed by atoms with E-state index in [0.717, 1.165) is 25.3 Å². The molecule has 0 aliphatic rings. The van der Waals surface area contributed by atoms with Gasteiger partial charge in [-0.05, 0) is 25.9 Å². The Morgan fingerprint density at radius 1 is 1.25 bits per heavy atom. The molecule has 0 unspecified atom stereocenters. The number of anilines is 1. The van der Waals surface area contributed by atoms with E-state index >= 15 is 0 Å². The van der Waals surface area contributed by atoms with Crippen LogP contribution in [0.3, 0.4) is 0 Å².